The summed E-state index contributed by atoms with van der Waals surface area (Å²) < 4.78 is 30.3. The van der Waals surface area contributed by atoms with Gasteiger partial charge in [0, 0.05) is 5.56 Å². The second-order valence-corrected chi connectivity index (χ2v) is 7.82. The van der Waals surface area contributed by atoms with Crippen LogP contribution in [0.2, 0.25) is 0 Å². The van der Waals surface area contributed by atoms with E-state index in [1.807, 2.05) is 6.92 Å². The third-order valence-corrected chi connectivity index (χ3v) is 5.95. The summed E-state index contributed by atoms with van der Waals surface area (Å²) in [5, 5.41) is 4.77. The number of ether oxygens (including phenoxy) is 1. The van der Waals surface area contributed by atoms with E-state index in [1.54, 1.807) is 12.1 Å². The molecule has 1 aromatic carbocycles. The van der Waals surface area contributed by atoms with Gasteiger partial charge in [-0.15, -0.1) is 0 Å². The Morgan fingerprint density at radius 2 is 2.09 bits per heavy atom. The maximum Gasteiger partial charge on any atom is 0.322 e. The minimum atomic E-state index is -3.51. The summed E-state index contributed by atoms with van der Waals surface area (Å²) in [6.07, 6.45) is 1.86. The first-order valence-corrected chi connectivity index (χ1v) is 9.18. The summed E-state index contributed by atoms with van der Waals surface area (Å²) in [6.45, 7) is 2.53. The Bertz CT molecular complexity index is 774. The van der Waals surface area contributed by atoms with Crippen molar-refractivity contribution in [3.8, 4) is 5.75 Å². The Kier molecular flexibility index (Phi) is 3.79. The average molecular weight is 338 g/mol. The molecule has 1 aromatic rings. The van der Waals surface area contributed by atoms with E-state index in [9.17, 15) is 18.0 Å². The molecule has 1 atom stereocenters. The van der Waals surface area contributed by atoms with E-state index >= 15 is 0 Å². The van der Waals surface area contributed by atoms with Crippen LogP contribution in [0.3, 0.4) is 0 Å². The summed E-state index contributed by atoms with van der Waals surface area (Å²) in [4.78, 5) is 23.8. The molecule has 7 nitrogen and oxygen atoms in total. The molecule has 3 amide bonds. The first-order chi connectivity index (χ1) is 10.9. The van der Waals surface area contributed by atoms with Gasteiger partial charge in [0.15, 0.2) is 9.84 Å². The lowest BCUT2D eigenvalue weighted by Gasteiger charge is -2.32. The molecule has 1 unspecified atom stereocenters. The zero-order chi connectivity index (χ0) is 16.7. The summed E-state index contributed by atoms with van der Waals surface area (Å²) in [5.41, 5.74) is -1.00. The highest BCUT2D eigenvalue weighted by molar-refractivity contribution is 7.91. The van der Waals surface area contributed by atoms with E-state index in [2.05, 4.69) is 10.6 Å². The van der Waals surface area contributed by atoms with Gasteiger partial charge in [0.05, 0.1) is 17.3 Å². The van der Waals surface area contributed by atoms with Crippen LogP contribution in [0.15, 0.2) is 23.1 Å². The van der Waals surface area contributed by atoms with Crippen molar-refractivity contribution in [3.63, 3.8) is 0 Å². The quantitative estimate of drug-likeness (QED) is 0.632. The van der Waals surface area contributed by atoms with Crippen molar-refractivity contribution < 1.29 is 22.7 Å². The van der Waals surface area contributed by atoms with Crippen molar-refractivity contribution >= 4 is 21.8 Å². The standard InChI is InChI=1S/C15H18N2O5S/c1-2-3-7-22-10-4-5-11-12(9-10)23(20,21)8-6-15(11)13(18)16-14(19)17-15/h4-5,9H,2-3,6-8H2,1H3,(H2,16,17,18,19). The highest BCUT2D eigenvalue weighted by atomic mass is 32.2. The van der Waals surface area contributed by atoms with E-state index in [-0.39, 0.29) is 17.1 Å². The number of hydrogen-bond acceptors (Lipinski definition) is 5. The molecule has 2 aliphatic rings. The number of carbonyl (C=O) groups excluding carboxylic acids is 2. The summed E-state index contributed by atoms with van der Waals surface area (Å²) in [6, 6.07) is 4.02. The largest absolute Gasteiger partial charge is 0.494 e. The van der Waals surface area contributed by atoms with Crippen LogP contribution in [0.5, 0.6) is 5.75 Å². The number of nitrogens with one attached hydrogen (secondary N) is 2. The number of fused-ring (bicyclic) bond motifs is 2. The predicted molar refractivity (Wildman–Crippen MR) is 81.9 cm³/mol. The number of amides is 3. The molecule has 3 rings (SSSR count). The first-order valence-electron chi connectivity index (χ1n) is 7.53. The second-order valence-electron chi connectivity index (χ2n) is 5.74. The summed E-state index contributed by atoms with van der Waals surface area (Å²) in [5.74, 6) is -0.271. The van der Waals surface area contributed by atoms with Crippen molar-refractivity contribution in [2.45, 2.75) is 36.6 Å². The van der Waals surface area contributed by atoms with Crippen molar-refractivity contribution in [3.05, 3.63) is 23.8 Å². The lowest BCUT2D eigenvalue weighted by Crippen LogP contribution is -2.48. The molecule has 2 heterocycles. The molecule has 124 valence electrons. The lowest BCUT2D eigenvalue weighted by atomic mass is 9.87. The molecule has 0 aromatic heterocycles. The van der Waals surface area contributed by atoms with E-state index in [0.717, 1.165) is 12.8 Å². The van der Waals surface area contributed by atoms with Crippen molar-refractivity contribution in [2.75, 3.05) is 12.4 Å². The summed E-state index contributed by atoms with van der Waals surface area (Å²) >= 11 is 0. The van der Waals surface area contributed by atoms with Gasteiger partial charge in [0.25, 0.3) is 5.91 Å². The molecule has 8 heteroatoms. The normalized spacial score (nSPS) is 24.9. The van der Waals surface area contributed by atoms with Crippen molar-refractivity contribution in [2.24, 2.45) is 0 Å². The summed E-state index contributed by atoms with van der Waals surface area (Å²) in [7, 11) is -3.51. The van der Waals surface area contributed by atoms with Gasteiger partial charge in [-0.3, -0.25) is 10.1 Å². The van der Waals surface area contributed by atoms with Crippen LogP contribution >= 0.6 is 0 Å². The molecule has 2 aliphatic heterocycles. The average Bonchev–Trinajstić information content (AvgIpc) is 2.79. The zero-order valence-electron chi connectivity index (χ0n) is 12.7. The predicted octanol–water partition coefficient (Wildman–Crippen LogP) is 1.08. The van der Waals surface area contributed by atoms with Gasteiger partial charge < -0.3 is 10.1 Å². The fourth-order valence-corrected chi connectivity index (χ4v) is 4.59. The van der Waals surface area contributed by atoms with Gasteiger partial charge in [-0.2, -0.15) is 0 Å². The Hall–Kier alpha value is -2.09. The SMILES string of the molecule is CCCCOc1ccc2c(c1)S(=O)(=O)CCC21NC(=O)NC1=O. The van der Waals surface area contributed by atoms with Gasteiger partial charge in [0.1, 0.15) is 11.3 Å². The fraction of sp³-hybridized carbons (Fsp3) is 0.467. The molecule has 1 saturated heterocycles. The van der Waals surface area contributed by atoms with Crippen molar-refractivity contribution in [1.82, 2.24) is 10.6 Å². The van der Waals surface area contributed by atoms with Gasteiger partial charge in [-0.1, -0.05) is 19.4 Å². The minimum absolute atomic E-state index is 0.0238. The fourth-order valence-electron chi connectivity index (χ4n) is 2.93. The van der Waals surface area contributed by atoms with Crippen molar-refractivity contribution in [1.29, 1.82) is 0 Å². The number of hydrogen-bond donors (Lipinski definition) is 2. The molecule has 0 bridgehead atoms. The molecular formula is C15H18N2O5S. The number of imide groups is 1. The van der Waals surface area contributed by atoms with Gasteiger partial charge in [-0.05, 0) is 25.0 Å². The highest BCUT2D eigenvalue weighted by Crippen LogP contribution is 2.40. The van der Waals surface area contributed by atoms with Crippen LogP contribution in [0.4, 0.5) is 4.79 Å². The number of benzene rings is 1. The van der Waals surface area contributed by atoms with E-state index in [1.165, 1.54) is 6.07 Å². The van der Waals surface area contributed by atoms with E-state index in [0.29, 0.717) is 17.9 Å². The van der Waals surface area contributed by atoms with Gasteiger partial charge >= 0.3 is 6.03 Å². The molecular weight excluding hydrogens is 320 g/mol. The number of sulfone groups is 1. The molecule has 2 N–H and O–H groups in total. The number of carbonyl (C=O) groups is 2. The van der Waals surface area contributed by atoms with Crippen LogP contribution in [-0.2, 0) is 20.2 Å². The van der Waals surface area contributed by atoms with Crippen LogP contribution in [0, 0.1) is 0 Å². The van der Waals surface area contributed by atoms with Crippen LogP contribution in [-0.4, -0.2) is 32.7 Å². The molecule has 0 saturated carbocycles. The van der Waals surface area contributed by atoms with Crippen LogP contribution in [0.1, 0.15) is 31.7 Å². The topological polar surface area (TPSA) is 102 Å². The zero-order valence-corrected chi connectivity index (χ0v) is 13.5. The Morgan fingerprint density at radius 1 is 1.30 bits per heavy atom. The molecule has 1 fully saturated rings. The Balaban J connectivity index is 2.05. The number of unbranched alkanes of at least 4 members (excludes halogenated alkanes) is 1. The van der Waals surface area contributed by atoms with Crippen LogP contribution < -0.4 is 15.4 Å². The third-order valence-electron chi connectivity index (χ3n) is 4.20. The molecule has 0 radical (unpaired) electrons. The monoisotopic (exact) mass is 338 g/mol. The Morgan fingerprint density at radius 3 is 2.74 bits per heavy atom. The maximum absolute atomic E-state index is 12.4. The lowest BCUT2D eigenvalue weighted by molar-refractivity contribution is -0.124. The van der Waals surface area contributed by atoms with E-state index in [4.69, 9.17) is 4.74 Å². The number of rotatable bonds is 4. The highest BCUT2D eigenvalue weighted by Gasteiger charge is 2.52. The number of urea groups is 1. The third kappa shape index (κ3) is 2.56. The molecule has 23 heavy (non-hydrogen) atoms. The second kappa shape index (κ2) is 5.52. The van der Waals surface area contributed by atoms with Gasteiger partial charge in [-0.25, -0.2) is 13.2 Å². The first kappa shape index (κ1) is 15.8. The maximum atomic E-state index is 12.4. The van der Waals surface area contributed by atoms with Gasteiger partial charge in [0.2, 0.25) is 0 Å². The van der Waals surface area contributed by atoms with Crippen LogP contribution in [0.25, 0.3) is 0 Å². The minimum Gasteiger partial charge on any atom is -0.494 e. The Labute approximate surface area is 134 Å². The smallest absolute Gasteiger partial charge is 0.322 e. The molecule has 1 spiro atoms. The molecule has 0 aliphatic carbocycles. The van der Waals surface area contributed by atoms with E-state index < -0.39 is 27.3 Å².